The lowest BCUT2D eigenvalue weighted by Gasteiger charge is -2.05. The normalized spacial score (nSPS) is 16.6. The molecule has 4 heteroatoms. The van der Waals surface area contributed by atoms with Crippen LogP contribution in [0, 0.1) is 6.92 Å². The monoisotopic (exact) mass is 202 g/mol. The molecule has 0 amide bonds. The van der Waals surface area contributed by atoms with Crippen LogP contribution < -0.4 is 0 Å². The Labute approximate surface area is 80.9 Å². The standard InChI is InChI=1S/C8H8Cl2N2/c1-4-6(5-2-3-5)8(10)12-11-7(4)9/h5H,2-3H2,1H3. The third-order valence-corrected chi connectivity index (χ3v) is 2.79. The predicted octanol–water partition coefficient (Wildman–Crippen LogP) is 2.97. The highest BCUT2D eigenvalue weighted by atomic mass is 35.5. The molecule has 0 spiro atoms. The molecule has 0 atom stereocenters. The van der Waals surface area contributed by atoms with Gasteiger partial charge in [0.15, 0.2) is 10.3 Å². The minimum Gasteiger partial charge on any atom is -0.137 e. The van der Waals surface area contributed by atoms with Crippen molar-refractivity contribution < 1.29 is 0 Å². The van der Waals surface area contributed by atoms with Crippen molar-refractivity contribution in [2.75, 3.05) is 0 Å². The third kappa shape index (κ3) is 1.29. The number of hydrogen-bond donors (Lipinski definition) is 0. The summed E-state index contributed by atoms with van der Waals surface area (Å²) in [6.45, 7) is 1.94. The molecule has 1 aliphatic carbocycles. The predicted molar refractivity (Wildman–Crippen MR) is 48.8 cm³/mol. The molecule has 0 radical (unpaired) electrons. The van der Waals surface area contributed by atoms with Gasteiger partial charge in [-0.1, -0.05) is 23.2 Å². The van der Waals surface area contributed by atoms with Gasteiger partial charge in [0.05, 0.1) is 0 Å². The smallest absolute Gasteiger partial charge is 0.137 e. The van der Waals surface area contributed by atoms with Crippen molar-refractivity contribution in [3.8, 4) is 0 Å². The zero-order valence-corrected chi connectivity index (χ0v) is 8.15. The van der Waals surface area contributed by atoms with E-state index in [0.29, 0.717) is 16.2 Å². The average Bonchev–Trinajstić information content (AvgIpc) is 2.81. The zero-order valence-electron chi connectivity index (χ0n) is 6.64. The molecule has 1 aliphatic rings. The molecule has 2 nitrogen and oxygen atoms in total. The van der Waals surface area contributed by atoms with Crippen LogP contribution in [0.1, 0.15) is 29.9 Å². The Hall–Kier alpha value is -0.340. The van der Waals surface area contributed by atoms with Gasteiger partial charge in [-0.2, -0.15) is 0 Å². The maximum absolute atomic E-state index is 5.90. The fraction of sp³-hybridized carbons (Fsp3) is 0.500. The van der Waals surface area contributed by atoms with Crippen LogP contribution in [-0.2, 0) is 0 Å². The van der Waals surface area contributed by atoms with Crippen LogP contribution >= 0.6 is 23.2 Å². The fourth-order valence-corrected chi connectivity index (χ4v) is 1.80. The van der Waals surface area contributed by atoms with Gasteiger partial charge in [-0.05, 0) is 31.2 Å². The van der Waals surface area contributed by atoms with Gasteiger partial charge < -0.3 is 0 Å². The van der Waals surface area contributed by atoms with E-state index in [2.05, 4.69) is 10.2 Å². The van der Waals surface area contributed by atoms with Crippen molar-refractivity contribution in [1.82, 2.24) is 10.2 Å². The second-order valence-corrected chi connectivity index (χ2v) is 3.81. The minimum atomic E-state index is 0.473. The van der Waals surface area contributed by atoms with E-state index in [1.807, 2.05) is 6.92 Å². The van der Waals surface area contributed by atoms with Gasteiger partial charge in [-0.15, -0.1) is 10.2 Å². The molecule has 0 N–H and O–H groups in total. The Balaban J connectivity index is 2.55. The second kappa shape index (κ2) is 2.86. The summed E-state index contributed by atoms with van der Waals surface area (Å²) in [5.74, 6) is 0.575. The lowest BCUT2D eigenvalue weighted by Crippen LogP contribution is -1.95. The molecule has 0 saturated heterocycles. The van der Waals surface area contributed by atoms with Gasteiger partial charge in [0.1, 0.15) is 0 Å². The van der Waals surface area contributed by atoms with Gasteiger partial charge in [-0.3, -0.25) is 0 Å². The van der Waals surface area contributed by atoms with E-state index in [4.69, 9.17) is 23.2 Å². The van der Waals surface area contributed by atoms with Gasteiger partial charge in [0.25, 0.3) is 0 Å². The molecule has 1 heterocycles. The van der Waals surface area contributed by atoms with Crippen molar-refractivity contribution in [3.05, 3.63) is 21.4 Å². The first kappa shape index (κ1) is 8.27. The van der Waals surface area contributed by atoms with Crippen LogP contribution in [0.2, 0.25) is 10.3 Å². The van der Waals surface area contributed by atoms with Crippen LogP contribution in [0.5, 0.6) is 0 Å². The largest absolute Gasteiger partial charge is 0.155 e. The maximum Gasteiger partial charge on any atom is 0.155 e. The van der Waals surface area contributed by atoms with E-state index in [9.17, 15) is 0 Å². The summed E-state index contributed by atoms with van der Waals surface area (Å²) in [7, 11) is 0. The summed E-state index contributed by atoms with van der Waals surface area (Å²) in [5.41, 5.74) is 2.08. The molecule has 1 fully saturated rings. The summed E-state index contributed by atoms with van der Waals surface area (Å²) in [5, 5.41) is 8.50. The van der Waals surface area contributed by atoms with Crippen LogP contribution in [0.15, 0.2) is 0 Å². The Kier molecular flexibility index (Phi) is 1.97. The van der Waals surface area contributed by atoms with Gasteiger partial charge in [0.2, 0.25) is 0 Å². The van der Waals surface area contributed by atoms with Crippen LogP contribution in [0.3, 0.4) is 0 Å². The number of rotatable bonds is 1. The molecular formula is C8H8Cl2N2. The summed E-state index contributed by atoms with van der Waals surface area (Å²) < 4.78 is 0. The Morgan fingerprint density at radius 2 is 1.75 bits per heavy atom. The highest BCUT2D eigenvalue weighted by molar-refractivity contribution is 6.32. The molecule has 0 aromatic carbocycles. The third-order valence-electron chi connectivity index (χ3n) is 2.15. The second-order valence-electron chi connectivity index (χ2n) is 3.09. The molecule has 1 aromatic heterocycles. The summed E-state index contributed by atoms with van der Waals surface area (Å²) in [6.07, 6.45) is 2.39. The Morgan fingerprint density at radius 1 is 1.17 bits per heavy atom. The first-order chi connectivity index (χ1) is 5.70. The molecule has 0 unspecified atom stereocenters. The highest BCUT2D eigenvalue weighted by Gasteiger charge is 2.29. The molecular weight excluding hydrogens is 195 g/mol. The minimum absolute atomic E-state index is 0.473. The number of halogens is 2. The first-order valence-corrected chi connectivity index (χ1v) is 4.64. The quantitative estimate of drug-likeness (QED) is 0.701. The summed E-state index contributed by atoms with van der Waals surface area (Å²) in [4.78, 5) is 0. The molecule has 1 saturated carbocycles. The molecule has 64 valence electrons. The SMILES string of the molecule is Cc1c(Cl)nnc(Cl)c1C1CC1. The lowest BCUT2D eigenvalue weighted by molar-refractivity contribution is 0.956. The number of hydrogen-bond acceptors (Lipinski definition) is 2. The van der Waals surface area contributed by atoms with Crippen LogP contribution in [-0.4, -0.2) is 10.2 Å². The van der Waals surface area contributed by atoms with E-state index in [1.165, 1.54) is 12.8 Å². The molecule has 0 aliphatic heterocycles. The van der Waals surface area contributed by atoms with Gasteiger partial charge in [0, 0.05) is 5.56 Å². The van der Waals surface area contributed by atoms with E-state index < -0.39 is 0 Å². The van der Waals surface area contributed by atoms with Gasteiger partial charge in [-0.25, -0.2) is 0 Å². The van der Waals surface area contributed by atoms with Crippen molar-refractivity contribution in [2.24, 2.45) is 0 Å². The molecule has 12 heavy (non-hydrogen) atoms. The molecule has 0 bridgehead atoms. The topological polar surface area (TPSA) is 25.8 Å². The summed E-state index contributed by atoms with van der Waals surface area (Å²) in [6, 6.07) is 0. The lowest BCUT2D eigenvalue weighted by atomic mass is 10.1. The fourth-order valence-electron chi connectivity index (χ4n) is 1.33. The van der Waals surface area contributed by atoms with E-state index >= 15 is 0 Å². The molecule has 1 aromatic rings. The first-order valence-electron chi connectivity index (χ1n) is 3.88. The summed E-state index contributed by atoms with van der Waals surface area (Å²) >= 11 is 11.7. The van der Waals surface area contributed by atoms with Crippen molar-refractivity contribution >= 4 is 23.2 Å². The Bertz CT molecular complexity index is 321. The number of nitrogens with zero attached hydrogens (tertiary/aromatic N) is 2. The van der Waals surface area contributed by atoms with E-state index in [1.54, 1.807) is 0 Å². The Morgan fingerprint density at radius 3 is 2.33 bits per heavy atom. The number of aromatic nitrogens is 2. The zero-order chi connectivity index (χ0) is 8.72. The van der Waals surface area contributed by atoms with E-state index in [0.717, 1.165) is 11.1 Å². The average molecular weight is 203 g/mol. The van der Waals surface area contributed by atoms with Crippen LogP contribution in [0.4, 0.5) is 0 Å². The van der Waals surface area contributed by atoms with Crippen molar-refractivity contribution in [1.29, 1.82) is 0 Å². The maximum atomic E-state index is 5.90. The highest BCUT2D eigenvalue weighted by Crippen LogP contribution is 2.44. The van der Waals surface area contributed by atoms with Gasteiger partial charge >= 0.3 is 0 Å². The van der Waals surface area contributed by atoms with Crippen LogP contribution in [0.25, 0.3) is 0 Å². The van der Waals surface area contributed by atoms with Crippen molar-refractivity contribution in [3.63, 3.8) is 0 Å². The van der Waals surface area contributed by atoms with E-state index in [-0.39, 0.29) is 0 Å². The van der Waals surface area contributed by atoms with Crippen molar-refractivity contribution in [2.45, 2.75) is 25.7 Å². The molecule has 2 rings (SSSR count).